The molecule has 0 saturated heterocycles. The number of aromatic nitrogens is 2. The predicted octanol–water partition coefficient (Wildman–Crippen LogP) is 2.82. The second-order valence-corrected chi connectivity index (χ2v) is 6.42. The minimum atomic E-state index is -0.139. The van der Waals surface area contributed by atoms with Crippen LogP contribution in [0.5, 0.6) is 0 Å². The number of aliphatic hydroxyl groups excluding tert-OH is 1. The summed E-state index contributed by atoms with van der Waals surface area (Å²) in [5.41, 5.74) is 1.27. The van der Waals surface area contributed by atoms with E-state index in [0.717, 1.165) is 12.0 Å². The van der Waals surface area contributed by atoms with Gasteiger partial charge in [-0.15, -0.1) is 10.2 Å². The van der Waals surface area contributed by atoms with Gasteiger partial charge in [0.05, 0.1) is 0 Å². The summed E-state index contributed by atoms with van der Waals surface area (Å²) in [6.07, 6.45) is 1.67. The van der Waals surface area contributed by atoms with Crippen molar-refractivity contribution in [2.75, 3.05) is 13.2 Å². The molecular formula is C18H25N3O3. The molecule has 6 nitrogen and oxygen atoms in total. The maximum Gasteiger partial charge on any atom is 0.251 e. The molecule has 1 amide bonds. The van der Waals surface area contributed by atoms with Crippen molar-refractivity contribution >= 4 is 5.91 Å². The Hall–Kier alpha value is -2.21. The number of aliphatic hydroxyl groups is 1. The summed E-state index contributed by atoms with van der Waals surface area (Å²) < 4.78 is 5.40. The van der Waals surface area contributed by atoms with Gasteiger partial charge in [-0.1, -0.05) is 19.9 Å². The Bertz CT molecular complexity index is 667. The Morgan fingerprint density at radius 1 is 1.33 bits per heavy atom. The van der Waals surface area contributed by atoms with Gasteiger partial charge in [-0.3, -0.25) is 4.79 Å². The van der Waals surface area contributed by atoms with E-state index in [2.05, 4.69) is 29.4 Å². The highest BCUT2D eigenvalue weighted by Gasteiger charge is 2.14. The van der Waals surface area contributed by atoms with Gasteiger partial charge in [0, 0.05) is 31.2 Å². The van der Waals surface area contributed by atoms with Crippen LogP contribution in [-0.4, -0.2) is 34.4 Å². The van der Waals surface area contributed by atoms with Gasteiger partial charge in [0.15, 0.2) is 0 Å². The average Bonchev–Trinajstić information content (AvgIpc) is 2.99. The van der Waals surface area contributed by atoms with Crippen LogP contribution < -0.4 is 5.32 Å². The number of carbonyl (C=O) groups is 1. The lowest BCUT2D eigenvalue weighted by Crippen LogP contribution is -2.30. The van der Waals surface area contributed by atoms with Gasteiger partial charge in [-0.2, -0.15) is 0 Å². The van der Waals surface area contributed by atoms with Gasteiger partial charge in [0.1, 0.15) is 0 Å². The molecule has 1 atom stereocenters. The molecule has 0 spiro atoms. The Kier molecular flexibility index (Phi) is 6.49. The number of nitrogens with zero attached hydrogens (tertiary/aromatic N) is 2. The lowest BCUT2D eigenvalue weighted by molar-refractivity contribution is 0.0941. The first-order valence-corrected chi connectivity index (χ1v) is 8.29. The summed E-state index contributed by atoms with van der Waals surface area (Å²) in [7, 11) is 0. The third-order valence-electron chi connectivity index (χ3n) is 3.79. The fraction of sp³-hybridized carbons (Fsp3) is 0.500. The number of nitrogens with one attached hydrogen (secondary N) is 1. The van der Waals surface area contributed by atoms with Gasteiger partial charge < -0.3 is 14.8 Å². The first-order chi connectivity index (χ1) is 11.5. The average molecular weight is 331 g/mol. The molecule has 0 aliphatic heterocycles. The van der Waals surface area contributed by atoms with Gasteiger partial charge >= 0.3 is 0 Å². The molecule has 1 aromatic heterocycles. The van der Waals surface area contributed by atoms with Crippen molar-refractivity contribution in [1.82, 2.24) is 15.5 Å². The first-order valence-electron chi connectivity index (χ1n) is 8.29. The van der Waals surface area contributed by atoms with Crippen LogP contribution in [0.3, 0.4) is 0 Å². The number of benzene rings is 1. The van der Waals surface area contributed by atoms with Crippen LogP contribution >= 0.6 is 0 Å². The van der Waals surface area contributed by atoms with E-state index < -0.39 is 0 Å². The van der Waals surface area contributed by atoms with E-state index in [1.807, 2.05) is 6.07 Å². The van der Waals surface area contributed by atoms with Crippen LogP contribution in [0.25, 0.3) is 11.5 Å². The molecular weight excluding hydrogens is 306 g/mol. The zero-order chi connectivity index (χ0) is 17.5. The van der Waals surface area contributed by atoms with Crippen molar-refractivity contribution in [3.8, 4) is 11.5 Å². The Morgan fingerprint density at radius 2 is 2.12 bits per heavy atom. The second-order valence-electron chi connectivity index (χ2n) is 6.42. The predicted molar refractivity (Wildman–Crippen MR) is 91.5 cm³/mol. The quantitative estimate of drug-likeness (QED) is 0.776. The molecule has 0 bridgehead atoms. The molecule has 0 aliphatic rings. The Morgan fingerprint density at radius 3 is 2.75 bits per heavy atom. The minimum absolute atomic E-state index is 0.138. The highest BCUT2D eigenvalue weighted by Crippen LogP contribution is 2.19. The molecule has 130 valence electrons. The molecule has 0 aliphatic carbocycles. The normalized spacial score (nSPS) is 12.4. The van der Waals surface area contributed by atoms with E-state index in [1.165, 1.54) is 0 Å². The van der Waals surface area contributed by atoms with E-state index >= 15 is 0 Å². The fourth-order valence-corrected chi connectivity index (χ4v) is 2.70. The number of carbonyl (C=O) groups excluding carboxylic acids is 1. The number of aryl methyl sites for hydroxylation is 1. The zero-order valence-electron chi connectivity index (χ0n) is 14.5. The lowest BCUT2D eigenvalue weighted by atomic mass is 9.94. The van der Waals surface area contributed by atoms with Gasteiger partial charge in [-0.25, -0.2) is 0 Å². The molecule has 6 heteroatoms. The van der Waals surface area contributed by atoms with E-state index in [-0.39, 0.29) is 18.4 Å². The Labute approximate surface area is 142 Å². The molecule has 0 saturated carbocycles. The van der Waals surface area contributed by atoms with Crippen molar-refractivity contribution in [3.63, 3.8) is 0 Å². The number of rotatable bonds is 8. The van der Waals surface area contributed by atoms with E-state index in [4.69, 9.17) is 9.52 Å². The Balaban J connectivity index is 2.01. The molecule has 1 aromatic carbocycles. The molecule has 1 unspecified atom stereocenters. The van der Waals surface area contributed by atoms with E-state index in [1.54, 1.807) is 25.1 Å². The van der Waals surface area contributed by atoms with E-state index in [9.17, 15) is 4.79 Å². The fourth-order valence-electron chi connectivity index (χ4n) is 2.70. The van der Waals surface area contributed by atoms with Gasteiger partial charge in [0.2, 0.25) is 11.8 Å². The van der Waals surface area contributed by atoms with Crippen LogP contribution in [-0.2, 0) is 0 Å². The number of hydrogen-bond acceptors (Lipinski definition) is 5. The van der Waals surface area contributed by atoms with Crippen molar-refractivity contribution in [3.05, 3.63) is 35.7 Å². The molecule has 2 N–H and O–H groups in total. The monoisotopic (exact) mass is 331 g/mol. The maximum absolute atomic E-state index is 12.4. The first kappa shape index (κ1) is 18.1. The molecule has 0 radical (unpaired) electrons. The summed E-state index contributed by atoms with van der Waals surface area (Å²) in [6, 6.07) is 7.12. The van der Waals surface area contributed by atoms with Gasteiger partial charge in [0.25, 0.3) is 5.91 Å². The summed E-state index contributed by atoms with van der Waals surface area (Å²) >= 11 is 0. The van der Waals surface area contributed by atoms with Crippen molar-refractivity contribution in [2.24, 2.45) is 11.8 Å². The minimum Gasteiger partial charge on any atom is -0.421 e. The highest BCUT2D eigenvalue weighted by molar-refractivity contribution is 5.95. The smallest absolute Gasteiger partial charge is 0.251 e. The number of hydrogen-bond donors (Lipinski definition) is 2. The summed E-state index contributed by atoms with van der Waals surface area (Å²) in [5, 5.41) is 19.9. The third kappa shape index (κ3) is 5.16. The van der Waals surface area contributed by atoms with Crippen LogP contribution in [0.4, 0.5) is 0 Å². The standard InChI is InChI=1S/C18H25N3O3/c1-12(2)9-14(7-8-22)11-19-17(23)15-5-4-6-16(10-15)18-21-20-13(3)24-18/h4-6,10,12,14,22H,7-9,11H2,1-3H3,(H,19,23). The summed E-state index contributed by atoms with van der Waals surface area (Å²) in [4.78, 5) is 12.4. The van der Waals surface area contributed by atoms with Crippen LogP contribution in [0, 0.1) is 18.8 Å². The SMILES string of the molecule is Cc1nnc(-c2cccc(C(=O)NCC(CCO)CC(C)C)c2)o1. The molecule has 0 fully saturated rings. The van der Waals surface area contributed by atoms with Gasteiger partial charge in [-0.05, 0) is 42.9 Å². The zero-order valence-corrected chi connectivity index (χ0v) is 14.5. The lowest BCUT2D eigenvalue weighted by Gasteiger charge is -2.18. The second kappa shape index (κ2) is 8.59. The van der Waals surface area contributed by atoms with Crippen molar-refractivity contribution in [1.29, 1.82) is 0 Å². The maximum atomic E-state index is 12.4. The molecule has 2 aromatic rings. The third-order valence-corrected chi connectivity index (χ3v) is 3.79. The topological polar surface area (TPSA) is 88.2 Å². The van der Waals surface area contributed by atoms with Crippen LogP contribution in [0.2, 0.25) is 0 Å². The van der Waals surface area contributed by atoms with Crippen LogP contribution in [0.15, 0.2) is 28.7 Å². The molecule has 24 heavy (non-hydrogen) atoms. The van der Waals surface area contributed by atoms with Crippen molar-refractivity contribution in [2.45, 2.75) is 33.6 Å². The van der Waals surface area contributed by atoms with Crippen LogP contribution in [0.1, 0.15) is 42.9 Å². The van der Waals surface area contributed by atoms with Crippen molar-refractivity contribution < 1.29 is 14.3 Å². The largest absolute Gasteiger partial charge is 0.421 e. The summed E-state index contributed by atoms with van der Waals surface area (Å²) in [6.45, 7) is 6.70. The molecule has 2 rings (SSSR count). The molecule has 1 heterocycles. The summed E-state index contributed by atoms with van der Waals surface area (Å²) in [5.74, 6) is 1.56. The van der Waals surface area contributed by atoms with E-state index in [0.29, 0.717) is 36.2 Å². The number of amides is 1. The highest BCUT2D eigenvalue weighted by atomic mass is 16.4.